The Morgan fingerprint density at radius 2 is 0.845 bits per heavy atom. The van der Waals surface area contributed by atoms with Crippen LogP contribution >= 0.6 is 0 Å². The summed E-state index contributed by atoms with van der Waals surface area (Å²) in [6.07, 6.45) is 31.7. The van der Waals surface area contributed by atoms with Crippen molar-refractivity contribution in [1.82, 2.24) is 4.90 Å². The van der Waals surface area contributed by atoms with E-state index in [4.69, 9.17) is 23.7 Å². The van der Waals surface area contributed by atoms with Gasteiger partial charge in [-0.25, -0.2) is 0 Å². The molecule has 0 aliphatic rings. The lowest BCUT2D eigenvalue weighted by atomic mass is 10.1. The SMILES string of the molecule is CCCCCCCCCC(=O)OCCCCCCCCOc1ccc(COC(=O)CCCN(C)C)c(OCCCCCCCCOC(=O)CCCCCCCCC)c1. The molecule has 0 saturated carbocycles. The van der Waals surface area contributed by atoms with E-state index in [0.717, 1.165) is 127 Å². The summed E-state index contributed by atoms with van der Waals surface area (Å²) in [5, 5.41) is 0. The van der Waals surface area contributed by atoms with Crippen molar-refractivity contribution >= 4 is 17.9 Å². The van der Waals surface area contributed by atoms with Crippen molar-refractivity contribution in [3.05, 3.63) is 23.8 Å². The van der Waals surface area contributed by atoms with E-state index >= 15 is 0 Å². The van der Waals surface area contributed by atoms with Crippen molar-refractivity contribution in [3.8, 4) is 11.5 Å². The molecule has 1 aromatic rings. The molecule has 0 N–H and O–H groups in total. The van der Waals surface area contributed by atoms with Crippen molar-refractivity contribution in [2.45, 2.75) is 213 Å². The molecule has 336 valence electrons. The minimum atomic E-state index is -0.198. The topological polar surface area (TPSA) is 101 Å². The molecule has 0 unspecified atom stereocenters. The Kier molecular flexibility index (Phi) is 36.4. The van der Waals surface area contributed by atoms with E-state index in [1.807, 2.05) is 32.3 Å². The van der Waals surface area contributed by atoms with E-state index in [2.05, 4.69) is 18.7 Å². The second-order valence-corrected chi connectivity index (χ2v) is 16.5. The lowest BCUT2D eigenvalue weighted by Crippen LogP contribution is -2.15. The Balaban J connectivity index is 2.29. The van der Waals surface area contributed by atoms with Gasteiger partial charge in [-0.3, -0.25) is 14.4 Å². The smallest absolute Gasteiger partial charge is 0.306 e. The summed E-state index contributed by atoms with van der Waals surface area (Å²) in [5.74, 6) is 1.18. The minimum Gasteiger partial charge on any atom is -0.493 e. The molecule has 1 rings (SSSR count). The zero-order valence-electron chi connectivity index (χ0n) is 37.9. The number of nitrogens with zero attached hydrogens (tertiary/aromatic N) is 1. The fourth-order valence-corrected chi connectivity index (χ4v) is 6.81. The Labute approximate surface area is 355 Å². The first kappa shape index (κ1) is 53.2. The lowest BCUT2D eigenvalue weighted by Gasteiger charge is -2.15. The van der Waals surface area contributed by atoms with Crippen LogP contribution in [0.15, 0.2) is 18.2 Å². The fourth-order valence-electron chi connectivity index (χ4n) is 6.81. The maximum Gasteiger partial charge on any atom is 0.306 e. The molecular formula is C49H87NO8. The molecule has 0 spiro atoms. The lowest BCUT2D eigenvalue weighted by molar-refractivity contribution is -0.145. The molecule has 0 atom stereocenters. The van der Waals surface area contributed by atoms with Gasteiger partial charge < -0.3 is 28.6 Å². The number of esters is 3. The number of hydrogen-bond acceptors (Lipinski definition) is 9. The highest BCUT2D eigenvalue weighted by Gasteiger charge is 2.11. The number of benzene rings is 1. The van der Waals surface area contributed by atoms with Crippen LogP contribution in [0.1, 0.15) is 212 Å². The maximum atomic E-state index is 12.4. The standard InChI is InChI=1S/C49H87NO8/c1-5-7-9-11-13-19-25-32-47(51)56-40-29-23-17-15-21-27-38-54-45-36-35-44(43-58-49(53)34-31-37-50(3)4)46(42-45)55-39-28-22-16-18-24-30-41-57-48(52)33-26-20-14-12-10-8-6-2/h35-36,42H,5-34,37-41,43H2,1-4H3. The number of unbranched alkanes of at least 4 members (excludes halogenated alkanes) is 22. The highest BCUT2D eigenvalue weighted by molar-refractivity contribution is 5.70. The summed E-state index contributed by atoms with van der Waals surface area (Å²) in [5.41, 5.74) is 0.846. The number of rotatable bonds is 42. The highest BCUT2D eigenvalue weighted by Crippen LogP contribution is 2.27. The average molecular weight is 818 g/mol. The minimum absolute atomic E-state index is 0.0447. The quantitative estimate of drug-likeness (QED) is 0.0362. The predicted octanol–water partition coefficient (Wildman–Crippen LogP) is 12.9. The third kappa shape index (κ3) is 34.1. The average Bonchev–Trinajstić information content (AvgIpc) is 3.21. The summed E-state index contributed by atoms with van der Waals surface area (Å²) in [6.45, 7) is 7.77. The monoisotopic (exact) mass is 818 g/mol. The number of hydrogen-bond donors (Lipinski definition) is 0. The van der Waals surface area contributed by atoms with Gasteiger partial charge in [0.2, 0.25) is 0 Å². The molecule has 0 saturated heterocycles. The first-order chi connectivity index (χ1) is 28.3. The zero-order chi connectivity index (χ0) is 42.2. The number of ether oxygens (including phenoxy) is 5. The van der Waals surface area contributed by atoms with Gasteiger partial charge in [-0.05, 0) is 77.7 Å². The van der Waals surface area contributed by atoms with Gasteiger partial charge in [0, 0.05) is 30.9 Å². The van der Waals surface area contributed by atoms with Crippen LogP contribution in [0.3, 0.4) is 0 Å². The summed E-state index contributed by atoms with van der Waals surface area (Å²) in [7, 11) is 4.00. The molecule has 0 heterocycles. The molecule has 0 amide bonds. The third-order valence-corrected chi connectivity index (χ3v) is 10.5. The molecular weight excluding hydrogens is 731 g/mol. The Morgan fingerprint density at radius 3 is 1.33 bits per heavy atom. The van der Waals surface area contributed by atoms with Gasteiger partial charge >= 0.3 is 17.9 Å². The van der Waals surface area contributed by atoms with Crippen molar-refractivity contribution in [3.63, 3.8) is 0 Å². The van der Waals surface area contributed by atoms with Crippen LogP contribution < -0.4 is 9.47 Å². The molecule has 0 aliphatic heterocycles. The summed E-state index contributed by atoms with van der Waals surface area (Å²) in [4.78, 5) is 38.4. The molecule has 1 aromatic carbocycles. The molecule has 0 radical (unpaired) electrons. The summed E-state index contributed by atoms with van der Waals surface area (Å²) >= 11 is 0. The van der Waals surface area contributed by atoms with Gasteiger partial charge in [0.15, 0.2) is 0 Å². The van der Waals surface area contributed by atoms with Gasteiger partial charge in [0.25, 0.3) is 0 Å². The van der Waals surface area contributed by atoms with Crippen LogP contribution in [0.4, 0.5) is 0 Å². The summed E-state index contributed by atoms with van der Waals surface area (Å²) < 4.78 is 28.8. The number of carbonyl (C=O) groups excluding carboxylic acids is 3. The first-order valence-corrected chi connectivity index (χ1v) is 23.9. The molecule has 9 nitrogen and oxygen atoms in total. The molecule has 9 heteroatoms. The second kappa shape index (κ2) is 39.6. The Bertz CT molecular complexity index is 1130. The van der Waals surface area contributed by atoms with Crippen molar-refractivity contribution in [1.29, 1.82) is 0 Å². The van der Waals surface area contributed by atoms with E-state index in [9.17, 15) is 14.4 Å². The van der Waals surface area contributed by atoms with Crippen molar-refractivity contribution < 1.29 is 38.1 Å². The largest absolute Gasteiger partial charge is 0.493 e. The number of carbonyl (C=O) groups is 3. The van der Waals surface area contributed by atoms with E-state index < -0.39 is 0 Å². The highest BCUT2D eigenvalue weighted by atomic mass is 16.5. The van der Waals surface area contributed by atoms with E-state index in [-0.39, 0.29) is 24.5 Å². The zero-order valence-corrected chi connectivity index (χ0v) is 37.9. The van der Waals surface area contributed by atoms with Gasteiger partial charge in [0.1, 0.15) is 18.1 Å². The molecule has 0 aromatic heterocycles. The van der Waals surface area contributed by atoms with Gasteiger partial charge in [-0.1, -0.05) is 142 Å². The molecule has 58 heavy (non-hydrogen) atoms. The van der Waals surface area contributed by atoms with E-state index in [1.54, 1.807) is 0 Å². The second-order valence-electron chi connectivity index (χ2n) is 16.5. The van der Waals surface area contributed by atoms with Crippen molar-refractivity contribution in [2.75, 3.05) is 47.1 Å². The van der Waals surface area contributed by atoms with Crippen LogP contribution in [-0.2, 0) is 35.2 Å². The normalized spacial score (nSPS) is 11.2. The van der Waals surface area contributed by atoms with E-state index in [1.165, 1.54) is 64.2 Å². The molecule has 0 aliphatic carbocycles. The maximum absolute atomic E-state index is 12.4. The van der Waals surface area contributed by atoms with Crippen LogP contribution in [0.25, 0.3) is 0 Å². The predicted molar refractivity (Wildman–Crippen MR) is 238 cm³/mol. The van der Waals surface area contributed by atoms with Crippen LogP contribution in [0, 0.1) is 0 Å². The van der Waals surface area contributed by atoms with Gasteiger partial charge in [0.05, 0.1) is 26.4 Å². The van der Waals surface area contributed by atoms with Crippen molar-refractivity contribution in [2.24, 2.45) is 0 Å². The van der Waals surface area contributed by atoms with E-state index in [0.29, 0.717) is 51.4 Å². The Hall–Kier alpha value is -2.81. The fraction of sp³-hybridized carbons (Fsp3) is 0.816. The summed E-state index contributed by atoms with van der Waals surface area (Å²) in [6, 6.07) is 5.81. The molecule has 0 fully saturated rings. The van der Waals surface area contributed by atoms with Gasteiger partial charge in [-0.15, -0.1) is 0 Å². The van der Waals surface area contributed by atoms with Gasteiger partial charge in [-0.2, -0.15) is 0 Å². The van der Waals surface area contributed by atoms with Crippen LogP contribution in [0.2, 0.25) is 0 Å². The molecule has 0 bridgehead atoms. The third-order valence-electron chi connectivity index (χ3n) is 10.5. The first-order valence-electron chi connectivity index (χ1n) is 23.9. The Morgan fingerprint density at radius 1 is 0.448 bits per heavy atom. The van der Waals surface area contributed by atoms with Crippen LogP contribution in [0.5, 0.6) is 11.5 Å². The van der Waals surface area contributed by atoms with Crippen LogP contribution in [-0.4, -0.2) is 69.9 Å².